The van der Waals surface area contributed by atoms with Crippen LogP contribution in [0.5, 0.6) is 0 Å². The highest BCUT2D eigenvalue weighted by atomic mass is 32.1. The van der Waals surface area contributed by atoms with E-state index >= 15 is 0 Å². The first-order chi connectivity index (χ1) is 10.8. The van der Waals surface area contributed by atoms with Gasteiger partial charge in [-0.3, -0.25) is 0 Å². The molecule has 0 amide bonds. The van der Waals surface area contributed by atoms with Crippen LogP contribution in [0, 0.1) is 0 Å². The topological polar surface area (TPSA) is 43.4 Å². The molecule has 0 saturated carbocycles. The molecule has 3 aromatic rings. The van der Waals surface area contributed by atoms with Crippen molar-refractivity contribution in [3.63, 3.8) is 0 Å². The average Bonchev–Trinajstić information content (AvgIpc) is 3.09. The zero-order valence-electron chi connectivity index (χ0n) is 11.4. The average molecular weight is 306 g/mol. The maximum absolute atomic E-state index is 12.1. The number of hydrogen-bond acceptors (Lipinski definition) is 4. The molecule has 0 fully saturated rings. The lowest BCUT2D eigenvalue weighted by molar-refractivity contribution is 0.0444. The zero-order chi connectivity index (χ0) is 15.1. The maximum atomic E-state index is 12.1. The zero-order valence-corrected chi connectivity index (χ0v) is 12.2. The largest absolute Gasteiger partial charge is 0.386 e. The highest BCUT2D eigenvalue weighted by Crippen LogP contribution is 2.45. The van der Waals surface area contributed by atoms with Gasteiger partial charge in [0.05, 0.1) is 20.9 Å². The lowest BCUT2D eigenvalue weighted by atomic mass is 10.0. The predicted octanol–water partition coefficient (Wildman–Crippen LogP) is 4.39. The van der Waals surface area contributed by atoms with Gasteiger partial charge in [0.1, 0.15) is 0 Å². The number of esters is 2. The predicted molar refractivity (Wildman–Crippen MR) is 84.9 cm³/mol. The van der Waals surface area contributed by atoms with E-state index in [0.717, 1.165) is 20.9 Å². The molecule has 1 aliphatic rings. The Labute approximate surface area is 130 Å². The van der Waals surface area contributed by atoms with Crippen molar-refractivity contribution < 1.29 is 14.3 Å². The Morgan fingerprint density at radius 1 is 0.636 bits per heavy atom. The Morgan fingerprint density at radius 3 is 1.45 bits per heavy atom. The van der Waals surface area contributed by atoms with Crippen LogP contribution in [0.1, 0.15) is 20.7 Å². The summed E-state index contributed by atoms with van der Waals surface area (Å²) in [5.41, 5.74) is 2.61. The molecular weight excluding hydrogens is 296 g/mol. The number of rotatable bonds is 2. The fourth-order valence-corrected chi connectivity index (χ4v) is 3.88. The number of thiophene rings is 1. The van der Waals surface area contributed by atoms with Gasteiger partial charge in [0.2, 0.25) is 0 Å². The minimum atomic E-state index is -0.558. The Hall–Kier alpha value is -2.72. The van der Waals surface area contributed by atoms with Crippen LogP contribution in [0.4, 0.5) is 0 Å². The SMILES string of the molecule is O=C1OC(=O)c2c(-c3ccccc3)sc(-c3ccccc3)c21. The van der Waals surface area contributed by atoms with Crippen molar-refractivity contribution in [2.24, 2.45) is 0 Å². The fraction of sp³-hybridized carbons (Fsp3) is 0. The van der Waals surface area contributed by atoms with E-state index in [-0.39, 0.29) is 0 Å². The van der Waals surface area contributed by atoms with Crippen molar-refractivity contribution in [1.82, 2.24) is 0 Å². The first kappa shape index (κ1) is 13.0. The first-order valence-corrected chi connectivity index (χ1v) is 7.61. The van der Waals surface area contributed by atoms with E-state index in [2.05, 4.69) is 0 Å². The third-order valence-corrected chi connectivity index (χ3v) is 4.86. The van der Waals surface area contributed by atoms with Crippen molar-refractivity contribution in [1.29, 1.82) is 0 Å². The number of carbonyl (C=O) groups excluding carboxylic acids is 2. The van der Waals surface area contributed by atoms with Gasteiger partial charge in [-0.25, -0.2) is 9.59 Å². The summed E-state index contributed by atoms with van der Waals surface area (Å²) in [6.07, 6.45) is 0. The highest BCUT2D eigenvalue weighted by Gasteiger charge is 2.38. The molecule has 1 aliphatic heterocycles. The number of carbonyl (C=O) groups is 2. The van der Waals surface area contributed by atoms with E-state index < -0.39 is 11.9 Å². The van der Waals surface area contributed by atoms with Crippen molar-refractivity contribution in [2.45, 2.75) is 0 Å². The van der Waals surface area contributed by atoms with E-state index in [1.807, 2.05) is 60.7 Å². The van der Waals surface area contributed by atoms with Gasteiger partial charge in [-0.1, -0.05) is 60.7 Å². The van der Waals surface area contributed by atoms with Gasteiger partial charge in [0, 0.05) is 0 Å². The molecule has 4 heteroatoms. The summed E-state index contributed by atoms with van der Waals surface area (Å²) >= 11 is 1.45. The minimum Gasteiger partial charge on any atom is -0.386 e. The van der Waals surface area contributed by atoms with E-state index in [4.69, 9.17) is 4.74 Å². The van der Waals surface area contributed by atoms with E-state index in [1.54, 1.807) is 0 Å². The summed E-state index contributed by atoms with van der Waals surface area (Å²) in [7, 11) is 0. The molecule has 0 unspecified atom stereocenters. The Kier molecular flexibility index (Phi) is 2.91. The van der Waals surface area contributed by atoms with Crippen molar-refractivity contribution in [3.05, 3.63) is 71.8 Å². The molecule has 0 saturated heterocycles. The standard InChI is InChI=1S/C18H10O3S/c19-17-13-14(18(20)21-17)16(12-9-5-2-6-10-12)22-15(13)11-7-3-1-4-8-11/h1-10H. The van der Waals surface area contributed by atoms with Crippen LogP contribution < -0.4 is 0 Å². The Bertz CT molecular complexity index is 807. The molecule has 2 heterocycles. The summed E-state index contributed by atoms with van der Waals surface area (Å²) in [5, 5.41) is 0. The summed E-state index contributed by atoms with van der Waals surface area (Å²) in [5.74, 6) is -1.12. The molecule has 0 radical (unpaired) electrons. The molecule has 3 nitrogen and oxygen atoms in total. The minimum absolute atomic E-state index is 0.389. The number of ether oxygens (including phenoxy) is 1. The maximum Gasteiger partial charge on any atom is 0.348 e. The third-order valence-electron chi connectivity index (χ3n) is 3.57. The van der Waals surface area contributed by atoms with Gasteiger partial charge >= 0.3 is 11.9 Å². The Morgan fingerprint density at radius 2 is 1.05 bits per heavy atom. The van der Waals surface area contributed by atoms with Crippen LogP contribution in [-0.2, 0) is 4.74 Å². The third kappa shape index (κ3) is 1.89. The molecule has 22 heavy (non-hydrogen) atoms. The second kappa shape index (κ2) is 4.93. The van der Waals surface area contributed by atoms with Gasteiger partial charge < -0.3 is 4.74 Å². The molecule has 0 aliphatic carbocycles. The molecule has 0 atom stereocenters. The summed E-state index contributed by atoms with van der Waals surface area (Å²) in [6.45, 7) is 0. The molecule has 2 aromatic carbocycles. The fourth-order valence-electron chi connectivity index (χ4n) is 2.59. The molecular formula is C18H10O3S. The molecule has 4 rings (SSSR count). The van der Waals surface area contributed by atoms with E-state index in [0.29, 0.717) is 11.1 Å². The van der Waals surface area contributed by atoms with Crippen LogP contribution in [0.2, 0.25) is 0 Å². The van der Waals surface area contributed by atoms with Crippen LogP contribution in [0.15, 0.2) is 60.7 Å². The van der Waals surface area contributed by atoms with Crippen LogP contribution in [0.25, 0.3) is 20.9 Å². The van der Waals surface area contributed by atoms with Crippen molar-refractivity contribution in [2.75, 3.05) is 0 Å². The summed E-state index contributed by atoms with van der Waals surface area (Å²) in [4.78, 5) is 25.7. The van der Waals surface area contributed by atoms with Gasteiger partial charge in [0.25, 0.3) is 0 Å². The molecule has 0 bridgehead atoms. The lowest BCUT2D eigenvalue weighted by Crippen LogP contribution is -1.99. The molecule has 1 aromatic heterocycles. The molecule has 0 spiro atoms. The van der Waals surface area contributed by atoms with Gasteiger partial charge in [-0.2, -0.15) is 0 Å². The van der Waals surface area contributed by atoms with Gasteiger partial charge in [-0.15, -0.1) is 11.3 Å². The van der Waals surface area contributed by atoms with Crippen LogP contribution in [-0.4, -0.2) is 11.9 Å². The monoisotopic (exact) mass is 306 g/mol. The highest BCUT2D eigenvalue weighted by molar-refractivity contribution is 7.19. The summed E-state index contributed by atoms with van der Waals surface area (Å²) in [6, 6.07) is 19.2. The molecule has 0 N–H and O–H groups in total. The number of benzene rings is 2. The number of hydrogen-bond donors (Lipinski definition) is 0. The van der Waals surface area contributed by atoms with Crippen LogP contribution in [0.3, 0.4) is 0 Å². The first-order valence-electron chi connectivity index (χ1n) is 6.80. The van der Waals surface area contributed by atoms with Crippen molar-refractivity contribution >= 4 is 23.3 Å². The number of cyclic esters (lactones) is 2. The van der Waals surface area contributed by atoms with Crippen molar-refractivity contribution in [3.8, 4) is 20.9 Å². The molecule has 106 valence electrons. The second-order valence-electron chi connectivity index (χ2n) is 4.92. The second-order valence-corrected chi connectivity index (χ2v) is 5.94. The van der Waals surface area contributed by atoms with E-state index in [1.165, 1.54) is 11.3 Å². The normalized spacial score (nSPS) is 13.1. The van der Waals surface area contributed by atoms with E-state index in [9.17, 15) is 9.59 Å². The Balaban J connectivity index is 2.01. The van der Waals surface area contributed by atoms with Gasteiger partial charge in [-0.05, 0) is 11.1 Å². The van der Waals surface area contributed by atoms with Crippen LogP contribution >= 0.6 is 11.3 Å². The summed E-state index contributed by atoms with van der Waals surface area (Å²) < 4.78 is 4.82. The quantitative estimate of drug-likeness (QED) is 0.521. The van der Waals surface area contributed by atoms with Gasteiger partial charge in [0.15, 0.2) is 0 Å². The smallest absolute Gasteiger partial charge is 0.348 e. The lowest BCUT2D eigenvalue weighted by Gasteiger charge is -2.00. The number of fused-ring (bicyclic) bond motifs is 1.